The summed E-state index contributed by atoms with van der Waals surface area (Å²) < 4.78 is 11.8. The lowest BCUT2D eigenvalue weighted by Gasteiger charge is -2.49. The predicted molar refractivity (Wildman–Crippen MR) is 244 cm³/mol. The van der Waals surface area contributed by atoms with E-state index in [1.165, 1.54) is 4.90 Å². The third kappa shape index (κ3) is 9.16. The van der Waals surface area contributed by atoms with E-state index in [4.69, 9.17) is 9.26 Å². The second-order valence-electron chi connectivity index (χ2n) is 17.9. The molecule has 0 radical (unpaired) electrons. The van der Waals surface area contributed by atoms with Crippen LogP contribution in [0.15, 0.2) is 70.7 Å². The first-order chi connectivity index (χ1) is 31.0. The number of piperazine rings is 1. The van der Waals surface area contributed by atoms with E-state index >= 15 is 0 Å². The van der Waals surface area contributed by atoms with Gasteiger partial charge in [0.05, 0.1) is 45.7 Å². The number of amides is 2. The largest absolute Gasteiger partial charge is 0.507 e. The van der Waals surface area contributed by atoms with Crippen LogP contribution in [-0.2, 0) is 9.59 Å². The number of aromatic nitrogens is 4. The van der Waals surface area contributed by atoms with Crippen molar-refractivity contribution >= 4 is 34.7 Å². The molecule has 17 heteroatoms. The SMILES string of the molecule is Cc1ncsc1-c1ccc([C@H](C)NC(=O)[C@@H]2C[C@@H](O)CN2C(=O)[C@@H](c2cc(OCCN3CCC(N4CCN5c6cc(-c7ccccc7O)nnc6NC[C@H]5C4)CC3)no2)C(C)C)cc1. The van der Waals surface area contributed by atoms with Crippen molar-refractivity contribution in [3.63, 3.8) is 0 Å². The summed E-state index contributed by atoms with van der Waals surface area (Å²) in [7, 11) is 0. The molecular weight excluding hydrogens is 833 g/mol. The van der Waals surface area contributed by atoms with Crippen LogP contribution in [0.3, 0.4) is 0 Å². The van der Waals surface area contributed by atoms with Crippen molar-refractivity contribution in [2.24, 2.45) is 5.92 Å². The fraction of sp³-hybridized carbons (Fsp3) is 0.489. The molecule has 7 heterocycles. The van der Waals surface area contributed by atoms with Crippen LogP contribution in [0.1, 0.15) is 69.0 Å². The molecule has 3 fully saturated rings. The number of para-hydroxylation sites is 1. The van der Waals surface area contributed by atoms with Gasteiger partial charge >= 0.3 is 0 Å². The molecule has 2 aromatic carbocycles. The number of nitrogens with one attached hydrogen (secondary N) is 2. The van der Waals surface area contributed by atoms with Gasteiger partial charge in [0.2, 0.25) is 11.8 Å². The van der Waals surface area contributed by atoms with Crippen LogP contribution in [0.25, 0.3) is 21.7 Å². The molecule has 338 valence electrons. The monoisotopic (exact) mass is 890 g/mol. The zero-order valence-corrected chi connectivity index (χ0v) is 37.7. The summed E-state index contributed by atoms with van der Waals surface area (Å²) in [5.74, 6) is 0.222. The lowest BCUT2D eigenvalue weighted by molar-refractivity contribution is -0.141. The number of aromatic hydroxyl groups is 1. The van der Waals surface area contributed by atoms with Gasteiger partial charge in [-0.25, -0.2) is 4.98 Å². The van der Waals surface area contributed by atoms with Gasteiger partial charge < -0.3 is 39.9 Å². The number of β-amino-alcohol motifs (C(OH)–C–C–N with tert-alkyl or cyclic N) is 1. The fourth-order valence-corrected chi connectivity index (χ4v) is 10.7. The number of likely N-dealkylation sites (tertiary alicyclic amines) is 2. The Morgan fingerprint density at radius 2 is 1.80 bits per heavy atom. The first-order valence-corrected chi connectivity index (χ1v) is 23.4. The smallest absolute Gasteiger partial charge is 0.254 e. The first-order valence-electron chi connectivity index (χ1n) is 22.5. The van der Waals surface area contributed by atoms with Crippen molar-refractivity contribution in [1.82, 2.24) is 40.4 Å². The number of aliphatic hydroxyl groups is 1. The number of aryl methyl sites for hydroxylation is 1. The van der Waals surface area contributed by atoms with Gasteiger partial charge in [0.15, 0.2) is 11.6 Å². The van der Waals surface area contributed by atoms with Gasteiger partial charge in [-0.2, -0.15) is 0 Å². The van der Waals surface area contributed by atoms with Gasteiger partial charge in [-0.05, 0) is 80.2 Å². The molecule has 16 nitrogen and oxygen atoms in total. The van der Waals surface area contributed by atoms with Gasteiger partial charge in [0, 0.05) is 63.4 Å². The summed E-state index contributed by atoms with van der Waals surface area (Å²) in [4.78, 5) is 42.4. The number of carbonyl (C=O) groups excluding carboxylic acids is 2. The molecule has 0 bridgehead atoms. The molecule has 5 aromatic rings. The van der Waals surface area contributed by atoms with Gasteiger partial charge in [-0.15, -0.1) is 21.5 Å². The molecule has 4 aliphatic heterocycles. The molecular formula is C47H58N10O6S. The predicted octanol–water partition coefficient (Wildman–Crippen LogP) is 5.31. The molecule has 9 rings (SSSR count). The maximum absolute atomic E-state index is 14.2. The number of phenols is 1. The van der Waals surface area contributed by atoms with Crippen LogP contribution >= 0.6 is 11.3 Å². The molecule has 0 spiro atoms. The number of thiazole rings is 1. The Morgan fingerprint density at radius 1 is 1.00 bits per heavy atom. The van der Waals surface area contributed by atoms with Crippen molar-refractivity contribution in [2.45, 2.75) is 83.1 Å². The Balaban J connectivity index is 0.742. The fourth-order valence-electron chi connectivity index (χ4n) is 9.85. The highest BCUT2D eigenvalue weighted by molar-refractivity contribution is 7.13. The number of piperidine rings is 1. The Bertz CT molecular complexity index is 2420. The Hall–Kier alpha value is -5.62. The number of hydrogen-bond acceptors (Lipinski definition) is 15. The Labute approximate surface area is 377 Å². The number of nitrogens with zero attached hydrogens (tertiary/aromatic N) is 8. The third-order valence-electron chi connectivity index (χ3n) is 13.4. The number of hydrogen-bond donors (Lipinski definition) is 4. The molecule has 0 aliphatic carbocycles. The minimum Gasteiger partial charge on any atom is -0.507 e. The maximum Gasteiger partial charge on any atom is 0.254 e. The van der Waals surface area contributed by atoms with Crippen LogP contribution in [0.5, 0.6) is 11.6 Å². The molecule has 3 aromatic heterocycles. The van der Waals surface area contributed by atoms with Crippen molar-refractivity contribution in [1.29, 1.82) is 0 Å². The number of ether oxygens (including phenoxy) is 1. The first kappa shape index (κ1) is 43.6. The molecule has 3 saturated heterocycles. The highest BCUT2D eigenvalue weighted by Gasteiger charge is 2.44. The van der Waals surface area contributed by atoms with Gasteiger partial charge in [0.25, 0.3) is 5.88 Å². The number of fused-ring (bicyclic) bond motifs is 3. The lowest BCUT2D eigenvalue weighted by atomic mass is 9.91. The Kier molecular flexibility index (Phi) is 12.8. The van der Waals surface area contributed by atoms with E-state index in [2.05, 4.69) is 45.7 Å². The van der Waals surface area contributed by atoms with Gasteiger partial charge in [0.1, 0.15) is 24.3 Å². The normalized spacial score (nSPS) is 21.6. The molecule has 0 unspecified atom stereocenters. The second-order valence-corrected chi connectivity index (χ2v) is 18.8. The van der Waals surface area contributed by atoms with Crippen molar-refractivity contribution in [2.75, 3.05) is 69.2 Å². The number of anilines is 2. The quantitative estimate of drug-likeness (QED) is 0.119. The molecule has 5 atom stereocenters. The number of aliphatic hydroxyl groups excluding tert-OH is 1. The van der Waals surface area contributed by atoms with Crippen LogP contribution in [0.2, 0.25) is 0 Å². The molecule has 4 N–H and O–H groups in total. The average Bonchev–Trinajstić information content (AvgIpc) is 4.06. The highest BCUT2D eigenvalue weighted by Crippen LogP contribution is 2.37. The van der Waals surface area contributed by atoms with E-state index in [-0.39, 0.29) is 42.5 Å². The summed E-state index contributed by atoms with van der Waals surface area (Å²) in [5.41, 5.74) is 7.21. The van der Waals surface area contributed by atoms with Crippen LogP contribution < -0.4 is 20.3 Å². The minimum atomic E-state index is -0.819. The lowest BCUT2D eigenvalue weighted by Crippen LogP contribution is -2.61. The number of phenolic OH excluding ortho intramolecular Hbond substituents is 1. The van der Waals surface area contributed by atoms with Crippen molar-refractivity contribution in [3.8, 4) is 33.3 Å². The van der Waals surface area contributed by atoms with Gasteiger partial charge in [-0.3, -0.25) is 19.4 Å². The second kappa shape index (κ2) is 18.8. The van der Waals surface area contributed by atoms with Crippen molar-refractivity contribution in [3.05, 3.63) is 83.2 Å². The van der Waals surface area contributed by atoms with E-state index in [1.54, 1.807) is 29.5 Å². The topological polar surface area (TPSA) is 186 Å². The Morgan fingerprint density at radius 3 is 2.55 bits per heavy atom. The van der Waals surface area contributed by atoms with Crippen LogP contribution in [0, 0.1) is 12.8 Å². The van der Waals surface area contributed by atoms with E-state index in [0.717, 1.165) is 91.9 Å². The molecule has 2 amide bonds. The molecule has 4 aliphatic rings. The van der Waals surface area contributed by atoms with Gasteiger partial charge in [-0.1, -0.05) is 50.2 Å². The zero-order valence-electron chi connectivity index (χ0n) is 36.9. The number of carbonyl (C=O) groups is 2. The standard InChI is InChI=1S/C47H58N10O6S/c1-28(2)43(47(61)57-26-35(58)21-39(57)46(60)50-29(3)31-9-11-32(12-10-31)44-30(4)49-27-64-44)41-23-42(53-63-41)62-20-19-54-15-13-33(14-16-54)55-17-18-56-34(25-55)24-48-45-38(56)22-37(51-52-45)36-7-5-6-8-40(36)59/h5-12,22-23,27-29,33-35,39,43,58-59H,13-21,24-26H2,1-4H3,(H,48,52)(H,50,60)/t29-,34-,35+,39-,43+/m0/s1. The maximum atomic E-state index is 14.2. The zero-order chi connectivity index (χ0) is 44.5. The minimum absolute atomic E-state index is 0.0620. The summed E-state index contributed by atoms with van der Waals surface area (Å²) in [6.07, 6.45) is 1.50. The van der Waals surface area contributed by atoms with E-state index in [0.29, 0.717) is 41.6 Å². The molecule has 0 saturated carbocycles. The third-order valence-corrected chi connectivity index (χ3v) is 14.4. The van der Waals surface area contributed by atoms with E-state index in [9.17, 15) is 19.8 Å². The van der Waals surface area contributed by atoms with Crippen LogP contribution in [-0.4, -0.2) is 140 Å². The number of benzene rings is 2. The van der Waals surface area contributed by atoms with E-state index < -0.39 is 18.1 Å². The summed E-state index contributed by atoms with van der Waals surface area (Å²) in [6.45, 7) is 14.6. The van der Waals surface area contributed by atoms with E-state index in [1.807, 2.05) is 75.7 Å². The summed E-state index contributed by atoms with van der Waals surface area (Å²) in [5, 5.41) is 40.7. The average molecular weight is 891 g/mol. The summed E-state index contributed by atoms with van der Waals surface area (Å²) >= 11 is 1.59. The summed E-state index contributed by atoms with van der Waals surface area (Å²) in [6, 6.07) is 18.7. The molecule has 64 heavy (non-hydrogen) atoms. The highest BCUT2D eigenvalue weighted by atomic mass is 32.1. The van der Waals surface area contributed by atoms with Crippen LogP contribution in [0.4, 0.5) is 11.5 Å². The number of rotatable bonds is 13. The van der Waals surface area contributed by atoms with Crippen molar-refractivity contribution < 1.29 is 29.1 Å².